The minimum atomic E-state index is -0.534. The van der Waals surface area contributed by atoms with E-state index in [1.165, 1.54) is 36.7 Å². The summed E-state index contributed by atoms with van der Waals surface area (Å²) in [5.74, 6) is -0.736. The van der Waals surface area contributed by atoms with E-state index in [4.69, 9.17) is 0 Å². The quantitative estimate of drug-likeness (QED) is 0.482. The molecule has 1 N–H and O–H groups in total. The van der Waals surface area contributed by atoms with Crippen LogP contribution in [0.4, 0.5) is 10.1 Å². The Morgan fingerprint density at radius 1 is 1.29 bits per heavy atom. The average molecular weight is 401 g/mol. The van der Waals surface area contributed by atoms with Gasteiger partial charge in [0, 0.05) is 25.2 Å². The Kier molecular flexibility index (Phi) is 5.99. The molecular formula is C18H16FN5O3S. The van der Waals surface area contributed by atoms with E-state index in [2.05, 4.69) is 15.5 Å². The van der Waals surface area contributed by atoms with Crippen LogP contribution in [0.1, 0.15) is 15.9 Å². The lowest BCUT2D eigenvalue weighted by Gasteiger charge is -2.07. The van der Waals surface area contributed by atoms with Crippen molar-refractivity contribution in [3.8, 4) is 0 Å². The van der Waals surface area contributed by atoms with Crippen molar-refractivity contribution >= 4 is 23.4 Å². The number of halogens is 1. The Balaban J connectivity index is 1.68. The average Bonchev–Trinajstić information content (AvgIpc) is 3.08. The summed E-state index contributed by atoms with van der Waals surface area (Å²) >= 11 is 1.10. The predicted molar refractivity (Wildman–Crippen MR) is 101 cm³/mol. The smallest absolute Gasteiger partial charge is 0.284 e. The molecule has 28 heavy (non-hydrogen) atoms. The van der Waals surface area contributed by atoms with Crippen LogP contribution in [-0.2, 0) is 13.5 Å². The molecule has 1 amide bonds. The molecule has 0 spiro atoms. The molecule has 1 aromatic heterocycles. The summed E-state index contributed by atoms with van der Waals surface area (Å²) in [5, 5.41) is 22.3. The van der Waals surface area contributed by atoms with Crippen LogP contribution in [0.3, 0.4) is 0 Å². The van der Waals surface area contributed by atoms with Crippen molar-refractivity contribution in [3.05, 3.63) is 75.9 Å². The minimum Gasteiger partial charge on any atom is -0.352 e. The van der Waals surface area contributed by atoms with Crippen LogP contribution < -0.4 is 5.32 Å². The largest absolute Gasteiger partial charge is 0.352 e. The second-order valence-corrected chi connectivity index (χ2v) is 6.91. The monoisotopic (exact) mass is 401 g/mol. The third kappa shape index (κ3) is 4.71. The van der Waals surface area contributed by atoms with Gasteiger partial charge in [-0.15, -0.1) is 10.2 Å². The topological polar surface area (TPSA) is 103 Å². The van der Waals surface area contributed by atoms with Crippen LogP contribution in [0.25, 0.3) is 0 Å². The highest BCUT2D eigenvalue weighted by atomic mass is 32.2. The van der Waals surface area contributed by atoms with Crippen LogP contribution in [0.5, 0.6) is 0 Å². The van der Waals surface area contributed by atoms with Gasteiger partial charge in [0.2, 0.25) is 0 Å². The lowest BCUT2D eigenvalue weighted by Crippen LogP contribution is -2.25. The number of hydrogen-bond donors (Lipinski definition) is 1. The molecule has 144 valence electrons. The molecule has 0 bridgehead atoms. The standard InChI is InChI=1S/C18H16FN5O3S/c1-23-11-21-22-18(23)28-16-7-4-13(10-15(16)24(26)27)17(25)20-9-8-12-2-5-14(19)6-3-12/h2-7,10-11H,8-9H2,1H3,(H,20,25). The summed E-state index contributed by atoms with van der Waals surface area (Å²) < 4.78 is 14.5. The first-order valence-corrected chi connectivity index (χ1v) is 9.08. The van der Waals surface area contributed by atoms with Crippen molar-refractivity contribution in [1.29, 1.82) is 0 Å². The van der Waals surface area contributed by atoms with E-state index >= 15 is 0 Å². The van der Waals surface area contributed by atoms with Gasteiger partial charge in [-0.05, 0) is 48.0 Å². The van der Waals surface area contributed by atoms with Gasteiger partial charge in [0.05, 0.1) is 9.82 Å². The number of nitro benzene ring substituents is 1. The van der Waals surface area contributed by atoms with Crippen LogP contribution in [0.15, 0.2) is 58.8 Å². The van der Waals surface area contributed by atoms with Gasteiger partial charge in [-0.2, -0.15) is 0 Å². The molecular weight excluding hydrogens is 385 g/mol. The first-order chi connectivity index (χ1) is 13.4. The summed E-state index contributed by atoms with van der Waals surface area (Å²) in [6.45, 7) is 0.327. The number of hydrogen-bond acceptors (Lipinski definition) is 6. The van der Waals surface area contributed by atoms with Gasteiger partial charge in [0.1, 0.15) is 12.1 Å². The molecule has 0 aliphatic carbocycles. The Hall–Kier alpha value is -3.27. The van der Waals surface area contributed by atoms with Gasteiger partial charge in [-0.3, -0.25) is 14.9 Å². The highest BCUT2D eigenvalue weighted by Gasteiger charge is 2.20. The zero-order valence-electron chi connectivity index (χ0n) is 14.8. The molecule has 3 aromatic rings. The van der Waals surface area contributed by atoms with Gasteiger partial charge >= 0.3 is 0 Å². The molecule has 0 radical (unpaired) electrons. The van der Waals surface area contributed by atoms with E-state index in [1.54, 1.807) is 23.7 Å². The number of nitrogens with one attached hydrogen (secondary N) is 1. The Bertz CT molecular complexity index is 1010. The molecule has 2 aromatic carbocycles. The molecule has 0 aliphatic rings. The van der Waals surface area contributed by atoms with Gasteiger partial charge in [-0.25, -0.2) is 4.39 Å². The second-order valence-electron chi connectivity index (χ2n) is 5.90. The first kappa shape index (κ1) is 19.5. The Morgan fingerprint density at radius 3 is 2.68 bits per heavy atom. The maximum atomic E-state index is 12.9. The summed E-state index contributed by atoms with van der Waals surface area (Å²) in [5.41, 5.74) is 0.885. The number of rotatable bonds is 7. The SMILES string of the molecule is Cn1cnnc1Sc1ccc(C(=O)NCCc2ccc(F)cc2)cc1[N+](=O)[O-]. The number of amides is 1. The zero-order valence-corrected chi connectivity index (χ0v) is 15.6. The Morgan fingerprint density at radius 2 is 2.04 bits per heavy atom. The van der Waals surface area contributed by atoms with Gasteiger partial charge in [0.25, 0.3) is 11.6 Å². The fourth-order valence-electron chi connectivity index (χ4n) is 2.42. The van der Waals surface area contributed by atoms with Crippen molar-refractivity contribution in [1.82, 2.24) is 20.1 Å². The molecule has 0 saturated heterocycles. The van der Waals surface area contributed by atoms with E-state index in [1.807, 2.05) is 0 Å². The summed E-state index contributed by atoms with van der Waals surface area (Å²) in [6, 6.07) is 10.3. The zero-order chi connectivity index (χ0) is 20.1. The van der Waals surface area contributed by atoms with E-state index in [0.717, 1.165) is 17.3 Å². The highest BCUT2D eigenvalue weighted by molar-refractivity contribution is 7.99. The number of aromatic nitrogens is 3. The summed E-state index contributed by atoms with van der Waals surface area (Å²) in [4.78, 5) is 23.6. The number of carbonyl (C=O) groups excluding carboxylic acids is 1. The van der Waals surface area contributed by atoms with Crippen LogP contribution >= 0.6 is 11.8 Å². The van der Waals surface area contributed by atoms with Gasteiger partial charge in [-0.1, -0.05) is 12.1 Å². The summed E-state index contributed by atoms with van der Waals surface area (Å²) in [6.07, 6.45) is 2.02. The summed E-state index contributed by atoms with van der Waals surface area (Å²) in [7, 11) is 1.73. The number of benzene rings is 2. The number of carbonyl (C=O) groups is 1. The molecule has 0 atom stereocenters. The molecule has 10 heteroatoms. The third-order valence-corrected chi connectivity index (χ3v) is 5.02. The van der Waals surface area contributed by atoms with Crippen LogP contribution in [0.2, 0.25) is 0 Å². The van der Waals surface area contributed by atoms with Crippen molar-refractivity contribution in [2.45, 2.75) is 16.5 Å². The molecule has 0 unspecified atom stereocenters. The fourth-order valence-corrected chi connectivity index (χ4v) is 3.27. The maximum absolute atomic E-state index is 12.9. The predicted octanol–water partition coefficient (Wildman–Crippen LogP) is 2.99. The lowest BCUT2D eigenvalue weighted by molar-refractivity contribution is -0.387. The van der Waals surface area contributed by atoms with Crippen molar-refractivity contribution in [2.24, 2.45) is 7.05 Å². The van der Waals surface area contributed by atoms with Crippen molar-refractivity contribution in [2.75, 3.05) is 6.54 Å². The van der Waals surface area contributed by atoms with E-state index in [-0.39, 0.29) is 17.1 Å². The molecule has 0 fully saturated rings. The number of nitro groups is 1. The first-order valence-electron chi connectivity index (χ1n) is 8.27. The van der Waals surface area contributed by atoms with E-state index < -0.39 is 10.8 Å². The molecule has 3 rings (SSSR count). The van der Waals surface area contributed by atoms with Crippen molar-refractivity contribution in [3.63, 3.8) is 0 Å². The molecule has 0 aliphatic heterocycles. The minimum absolute atomic E-state index is 0.181. The second kappa shape index (κ2) is 8.61. The van der Waals surface area contributed by atoms with E-state index in [9.17, 15) is 19.3 Å². The van der Waals surface area contributed by atoms with Crippen molar-refractivity contribution < 1.29 is 14.1 Å². The maximum Gasteiger partial charge on any atom is 0.284 e. The van der Waals surface area contributed by atoms with Crippen LogP contribution in [0, 0.1) is 15.9 Å². The molecule has 0 saturated carbocycles. The molecule has 8 nitrogen and oxygen atoms in total. The lowest BCUT2D eigenvalue weighted by atomic mass is 10.1. The normalized spacial score (nSPS) is 10.6. The van der Waals surface area contributed by atoms with Gasteiger partial charge in [0.15, 0.2) is 5.16 Å². The van der Waals surface area contributed by atoms with Gasteiger partial charge < -0.3 is 9.88 Å². The fraction of sp³-hybridized carbons (Fsp3) is 0.167. The number of nitrogens with zero attached hydrogens (tertiary/aromatic N) is 4. The number of aryl methyl sites for hydroxylation is 1. The highest BCUT2D eigenvalue weighted by Crippen LogP contribution is 2.34. The molecule has 1 heterocycles. The third-order valence-electron chi connectivity index (χ3n) is 3.90. The Labute approximate surface area is 163 Å². The van der Waals surface area contributed by atoms with Crippen LogP contribution in [-0.4, -0.2) is 32.1 Å². The van der Waals surface area contributed by atoms with E-state index in [0.29, 0.717) is 23.0 Å².